The van der Waals surface area contributed by atoms with Crippen molar-refractivity contribution in [3.8, 4) is 0 Å². The summed E-state index contributed by atoms with van der Waals surface area (Å²) in [5.74, 6) is -0.131. The Balaban J connectivity index is 1.66. The van der Waals surface area contributed by atoms with E-state index in [0.717, 1.165) is 24.6 Å². The molecule has 0 saturated carbocycles. The van der Waals surface area contributed by atoms with E-state index in [9.17, 15) is 9.59 Å². The van der Waals surface area contributed by atoms with Crippen molar-refractivity contribution in [2.75, 3.05) is 31.6 Å². The summed E-state index contributed by atoms with van der Waals surface area (Å²) in [7, 11) is 0. The SMILES string of the molecule is O=C(Nc1c(C(=O)N2CCOCC2)oc2ccccc12)[C@H]1CC=CCC1. The zero-order valence-corrected chi connectivity index (χ0v) is 14.6. The molecular weight excluding hydrogens is 332 g/mol. The Bertz CT molecular complexity index is 849. The van der Waals surface area contributed by atoms with Gasteiger partial charge in [-0.2, -0.15) is 0 Å². The van der Waals surface area contributed by atoms with E-state index >= 15 is 0 Å². The summed E-state index contributed by atoms with van der Waals surface area (Å²) in [6.07, 6.45) is 6.61. The second kappa shape index (κ2) is 7.33. The fourth-order valence-corrected chi connectivity index (χ4v) is 3.49. The van der Waals surface area contributed by atoms with Gasteiger partial charge in [0.2, 0.25) is 11.7 Å². The average Bonchev–Trinajstić information content (AvgIpc) is 3.07. The molecule has 1 aliphatic heterocycles. The maximum Gasteiger partial charge on any atom is 0.291 e. The van der Waals surface area contributed by atoms with Crippen molar-refractivity contribution in [2.45, 2.75) is 19.3 Å². The third-order valence-corrected chi connectivity index (χ3v) is 4.98. The number of fused-ring (bicyclic) bond motifs is 1. The van der Waals surface area contributed by atoms with E-state index in [0.29, 0.717) is 37.6 Å². The van der Waals surface area contributed by atoms with E-state index < -0.39 is 0 Å². The van der Waals surface area contributed by atoms with Crippen LogP contribution >= 0.6 is 0 Å². The lowest BCUT2D eigenvalue weighted by atomic mass is 9.93. The molecule has 2 amide bonds. The van der Waals surface area contributed by atoms with Crippen LogP contribution in [-0.4, -0.2) is 43.0 Å². The van der Waals surface area contributed by atoms with Crippen LogP contribution in [0.4, 0.5) is 5.69 Å². The van der Waals surface area contributed by atoms with Crippen molar-refractivity contribution in [3.05, 3.63) is 42.2 Å². The number of benzene rings is 1. The number of anilines is 1. The van der Waals surface area contributed by atoms with Gasteiger partial charge >= 0.3 is 0 Å². The van der Waals surface area contributed by atoms with E-state index in [1.165, 1.54) is 0 Å². The van der Waals surface area contributed by atoms with Gasteiger partial charge in [-0.3, -0.25) is 9.59 Å². The van der Waals surface area contributed by atoms with Crippen LogP contribution in [0.25, 0.3) is 11.0 Å². The summed E-state index contributed by atoms with van der Waals surface area (Å²) in [6.45, 7) is 2.08. The molecule has 1 aromatic carbocycles. The van der Waals surface area contributed by atoms with Gasteiger partial charge in [0.1, 0.15) is 11.3 Å². The number of hydrogen-bond donors (Lipinski definition) is 1. The molecule has 1 atom stereocenters. The van der Waals surface area contributed by atoms with Crippen molar-refractivity contribution in [2.24, 2.45) is 5.92 Å². The van der Waals surface area contributed by atoms with E-state index in [2.05, 4.69) is 11.4 Å². The highest BCUT2D eigenvalue weighted by Gasteiger charge is 2.29. The van der Waals surface area contributed by atoms with E-state index in [4.69, 9.17) is 9.15 Å². The number of morpholine rings is 1. The molecule has 26 heavy (non-hydrogen) atoms. The van der Waals surface area contributed by atoms with Crippen LogP contribution in [0.2, 0.25) is 0 Å². The molecule has 0 unspecified atom stereocenters. The monoisotopic (exact) mass is 354 g/mol. The highest BCUT2D eigenvalue weighted by Crippen LogP contribution is 2.33. The predicted molar refractivity (Wildman–Crippen MR) is 98.0 cm³/mol. The first-order valence-electron chi connectivity index (χ1n) is 9.08. The molecule has 136 valence electrons. The average molecular weight is 354 g/mol. The lowest BCUT2D eigenvalue weighted by molar-refractivity contribution is -0.120. The van der Waals surface area contributed by atoms with Gasteiger partial charge in [0.25, 0.3) is 5.91 Å². The summed E-state index contributed by atoms with van der Waals surface area (Å²) < 4.78 is 11.2. The normalized spacial score (nSPS) is 20.3. The van der Waals surface area contributed by atoms with Crippen molar-refractivity contribution < 1.29 is 18.7 Å². The topological polar surface area (TPSA) is 71.8 Å². The summed E-state index contributed by atoms with van der Waals surface area (Å²) in [4.78, 5) is 27.4. The standard InChI is InChI=1S/C20H22N2O4/c23-19(14-6-2-1-3-7-14)21-17-15-8-4-5-9-16(15)26-18(17)20(24)22-10-12-25-13-11-22/h1-2,4-5,8-9,14H,3,6-7,10-13H2,(H,21,23)/t14-/m0/s1. The predicted octanol–water partition coefficient (Wildman–Crippen LogP) is 3.20. The maximum absolute atomic E-state index is 13.0. The van der Waals surface area contributed by atoms with Gasteiger partial charge < -0.3 is 19.4 Å². The van der Waals surface area contributed by atoms with E-state index in [1.54, 1.807) is 4.90 Å². The van der Waals surface area contributed by atoms with Crippen LogP contribution in [0.15, 0.2) is 40.8 Å². The van der Waals surface area contributed by atoms with Gasteiger partial charge in [-0.15, -0.1) is 0 Å². The summed E-state index contributed by atoms with van der Waals surface area (Å²) in [6, 6.07) is 7.40. The number of rotatable bonds is 3. The minimum Gasteiger partial charge on any atom is -0.449 e. The van der Waals surface area contributed by atoms with Crippen LogP contribution in [0, 0.1) is 5.92 Å². The fraction of sp³-hybridized carbons (Fsp3) is 0.400. The van der Waals surface area contributed by atoms with Gasteiger partial charge in [0.15, 0.2) is 0 Å². The van der Waals surface area contributed by atoms with Crippen LogP contribution in [0.5, 0.6) is 0 Å². The molecule has 1 saturated heterocycles. The number of carbonyl (C=O) groups is 2. The summed E-state index contributed by atoms with van der Waals surface area (Å²) >= 11 is 0. The molecule has 6 heteroatoms. The molecule has 6 nitrogen and oxygen atoms in total. The number of carbonyl (C=O) groups excluding carboxylic acids is 2. The molecular formula is C20H22N2O4. The number of hydrogen-bond acceptors (Lipinski definition) is 4. The van der Waals surface area contributed by atoms with Gasteiger partial charge in [-0.1, -0.05) is 24.3 Å². The number of ether oxygens (including phenoxy) is 1. The van der Waals surface area contributed by atoms with Gasteiger partial charge in [-0.25, -0.2) is 0 Å². The molecule has 1 N–H and O–H groups in total. The Morgan fingerprint density at radius 3 is 2.69 bits per heavy atom. The smallest absolute Gasteiger partial charge is 0.291 e. The Hall–Kier alpha value is -2.60. The minimum absolute atomic E-state index is 0.0584. The third kappa shape index (κ3) is 3.24. The lowest BCUT2D eigenvalue weighted by Crippen LogP contribution is -2.40. The molecule has 2 heterocycles. The Morgan fingerprint density at radius 2 is 1.92 bits per heavy atom. The highest BCUT2D eigenvalue weighted by molar-refractivity contribution is 6.11. The molecule has 0 bridgehead atoms. The Kier molecular flexibility index (Phi) is 4.75. The molecule has 0 spiro atoms. The second-order valence-corrected chi connectivity index (χ2v) is 6.68. The molecule has 1 aromatic heterocycles. The second-order valence-electron chi connectivity index (χ2n) is 6.68. The van der Waals surface area contributed by atoms with E-state index in [-0.39, 0.29) is 23.5 Å². The first-order chi connectivity index (χ1) is 12.7. The third-order valence-electron chi connectivity index (χ3n) is 4.98. The number of allylic oxidation sites excluding steroid dienone is 2. The van der Waals surface area contributed by atoms with Crippen molar-refractivity contribution >= 4 is 28.5 Å². The zero-order chi connectivity index (χ0) is 17.9. The molecule has 2 aliphatic rings. The molecule has 4 rings (SSSR count). The lowest BCUT2D eigenvalue weighted by Gasteiger charge is -2.26. The highest BCUT2D eigenvalue weighted by atomic mass is 16.5. The molecule has 1 aliphatic carbocycles. The zero-order valence-electron chi connectivity index (χ0n) is 14.6. The number of furan rings is 1. The minimum atomic E-state index is -0.205. The van der Waals surface area contributed by atoms with Crippen LogP contribution in [0.3, 0.4) is 0 Å². The van der Waals surface area contributed by atoms with E-state index in [1.807, 2.05) is 30.3 Å². The summed E-state index contributed by atoms with van der Waals surface area (Å²) in [5, 5.41) is 3.73. The van der Waals surface area contributed by atoms with Crippen molar-refractivity contribution in [1.82, 2.24) is 4.90 Å². The Morgan fingerprint density at radius 1 is 1.12 bits per heavy atom. The number of nitrogens with zero attached hydrogens (tertiary/aromatic N) is 1. The first-order valence-corrected chi connectivity index (χ1v) is 9.08. The van der Waals surface area contributed by atoms with Crippen molar-refractivity contribution in [1.29, 1.82) is 0 Å². The fourth-order valence-electron chi connectivity index (χ4n) is 3.49. The van der Waals surface area contributed by atoms with Gasteiger partial charge in [-0.05, 0) is 31.4 Å². The van der Waals surface area contributed by atoms with Gasteiger partial charge in [0.05, 0.1) is 13.2 Å². The first kappa shape index (κ1) is 16.8. The van der Waals surface area contributed by atoms with Crippen LogP contribution < -0.4 is 5.32 Å². The van der Waals surface area contributed by atoms with Crippen LogP contribution in [0.1, 0.15) is 29.8 Å². The van der Waals surface area contributed by atoms with Crippen molar-refractivity contribution in [3.63, 3.8) is 0 Å². The number of amides is 2. The Labute approximate surface area is 151 Å². The molecule has 0 radical (unpaired) electrons. The maximum atomic E-state index is 13.0. The molecule has 1 fully saturated rings. The van der Waals surface area contributed by atoms with Crippen LogP contribution in [-0.2, 0) is 9.53 Å². The number of nitrogens with one attached hydrogen (secondary N) is 1. The largest absolute Gasteiger partial charge is 0.449 e. The van der Waals surface area contributed by atoms with Gasteiger partial charge in [0, 0.05) is 24.4 Å². The molecule has 2 aromatic rings. The number of para-hydroxylation sites is 1. The summed E-state index contributed by atoms with van der Waals surface area (Å²) in [5.41, 5.74) is 1.08. The quantitative estimate of drug-likeness (QED) is 0.859.